The number of aromatic nitrogens is 2. The Labute approximate surface area is 85.8 Å². The SMILES string of the molecule is Nc1ccc(C(=O)O)cc1-n1cccn1. The minimum Gasteiger partial charge on any atom is -0.478 e. The Kier molecular flexibility index (Phi) is 2.13. The van der Waals surface area contributed by atoms with Crippen LogP contribution in [-0.4, -0.2) is 20.9 Å². The van der Waals surface area contributed by atoms with Crippen LogP contribution in [0.4, 0.5) is 5.69 Å². The van der Waals surface area contributed by atoms with Crippen LogP contribution in [0.15, 0.2) is 36.7 Å². The van der Waals surface area contributed by atoms with Crippen molar-refractivity contribution in [1.82, 2.24) is 9.78 Å². The van der Waals surface area contributed by atoms with Crippen LogP contribution in [0.5, 0.6) is 0 Å². The number of hydrogen-bond donors (Lipinski definition) is 2. The van der Waals surface area contributed by atoms with E-state index in [4.69, 9.17) is 10.8 Å². The zero-order valence-electron chi connectivity index (χ0n) is 7.79. The summed E-state index contributed by atoms with van der Waals surface area (Å²) in [5.74, 6) is -0.983. The van der Waals surface area contributed by atoms with Gasteiger partial charge in [-0.2, -0.15) is 5.10 Å². The molecule has 76 valence electrons. The number of nitrogen functional groups attached to an aromatic ring is 1. The maximum absolute atomic E-state index is 10.8. The molecule has 0 spiro atoms. The first-order valence-electron chi connectivity index (χ1n) is 4.31. The maximum Gasteiger partial charge on any atom is 0.335 e. The monoisotopic (exact) mass is 203 g/mol. The summed E-state index contributed by atoms with van der Waals surface area (Å²) in [5, 5.41) is 12.8. The summed E-state index contributed by atoms with van der Waals surface area (Å²) in [6, 6.07) is 6.25. The lowest BCUT2D eigenvalue weighted by Crippen LogP contribution is -2.04. The van der Waals surface area contributed by atoms with Gasteiger partial charge in [-0.3, -0.25) is 0 Å². The van der Waals surface area contributed by atoms with E-state index in [-0.39, 0.29) is 5.56 Å². The zero-order chi connectivity index (χ0) is 10.8. The van der Waals surface area contributed by atoms with Crippen molar-refractivity contribution in [3.63, 3.8) is 0 Å². The lowest BCUT2D eigenvalue weighted by Gasteiger charge is -2.06. The highest BCUT2D eigenvalue weighted by Crippen LogP contribution is 2.17. The van der Waals surface area contributed by atoms with Gasteiger partial charge in [0.05, 0.1) is 16.9 Å². The molecule has 2 aromatic rings. The molecule has 0 saturated heterocycles. The summed E-state index contributed by atoms with van der Waals surface area (Å²) in [4.78, 5) is 10.8. The molecule has 0 aliphatic carbocycles. The number of anilines is 1. The van der Waals surface area contributed by atoms with Gasteiger partial charge in [0.1, 0.15) is 0 Å². The number of nitrogens with two attached hydrogens (primary N) is 1. The summed E-state index contributed by atoms with van der Waals surface area (Å²) >= 11 is 0. The van der Waals surface area contributed by atoms with Gasteiger partial charge < -0.3 is 10.8 Å². The van der Waals surface area contributed by atoms with E-state index in [1.54, 1.807) is 24.5 Å². The summed E-state index contributed by atoms with van der Waals surface area (Å²) in [6.07, 6.45) is 3.31. The molecule has 3 N–H and O–H groups in total. The molecule has 1 aromatic heterocycles. The number of benzene rings is 1. The van der Waals surface area contributed by atoms with Gasteiger partial charge in [-0.05, 0) is 24.3 Å². The molecule has 1 aromatic carbocycles. The van der Waals surface area contributed by atoms with E-state index < -0.39 is 5.97 Å². The van der Waals surface area contributed by atoms with E-state index in [1.165, 1.54) is 16.8 Å². The second-order valence-electron chi connectivity index (χ2n) is 3.03. The molecule has 5 nitrogen and oxygen atoms in total. The van der Waals surface area contributed by atoms with E-state index in [0.29, 0.717) is 11.4 Å². The lowest BCUT2D eigenvalue weighted by molar-refractivity contribution is 0.0697. The average Bonchev–Trinajstić information content (AvgIpc) is 2.71. The van der Waals surface area contributed by atoms with Crippen molar-refractivity contribution in [2.75, 3.05) is 5.73 Å². The molecule has 0 atom stereocenters. The Hall–Kier alpha value is -2.30. The Balaban J connectivity index is 2.55. The predicted molar refractivity (Wildman–Crippen MR) is 54.9 cm³/mol. The standard InChI is InChI=1S/C10H9N3O2/c11-8-3-2-7(10(14)15)6-9(8)13-5-1-4-12-13/h1-6H,11H2,(H,14,15). The third-order valence-corrected chi connectivity index (χ3v) is 2.03. The fourth-order valence-corrected chi connectivity index (χ4v) is 1.29. The molecule has 0 radical (unpaired) electrons. The highest BCUT2D eigenvalue weighted by Gasteiger charge is 2.07. The van der Waals surface area contributed by atoms with E-state index in [1.807, 2.05) is 0 Å². The Morgan fingerprint density at radius 1 is 1.47 bits per heavy atom. The number of rotatable bonds is 2. The molecular weight excluding hydrogens is 194 g/mol. The van der Waals surface area contributed by atoms with Crippen LogP contribution in [0.25, 0.3) is 5.69 Å². The van der Waals surface area contributed by atoms with E-state index in [0.717, 1.165) is 0 Å². The van der Waals surface area contributed by atoms with Gasteiger partial charge in [-0.25, -0.2) is 9.48 Å². The van der Waals surface area contributed by atoms with Crippen LogP contribution in [-0.2, 0) is 0 Å². The van der Waals surface area contributed by atoms with Crippen LogP contribution in [0.2, 0.25) is 0 Å². The molecule has 2 rings (SSSR count). The molecule has 0 unspecified atom stereocenters. The predicted octanol–water partition coefficient (Wildman–Crippen LogP) is 1.15. The van der Waals surface area contributed by atoms with Gasteiger partial charge in [0, 0.05) is 12.4 Å². The summed E-state index contributed by atoms with van der Waals surface area (Å²) < 4.78 is 1.53. The Morgan fingerprint density at radius 2 is 2.27 bits per heavy atom. The highest BCUT2D eigenvalue weighted by atomic mass is 16.4. The second kappa shape index (κ2) is 3.45. The smallest absolute Gasteiger partial charge is 0.335 e. The zero-order valence-corrected chi connectivity index (χ0v) is 7.79. The van der Waals surface area contributed by atoms with Crippen molar-refractivity contribution < 1.29 is 9.90 Å². The summed E-state index contributed by atoms with van der Waals surface area (Å²) in [5.41, 5.74) is 6.98. The molecule has 0 aliphatic heterocycles. The minimum atomic E-state index is -0.983. The normalized spacial score (nSPS) is 10.1. The van der Waals surface area contributed by atoms with Gasteiger partial charge in [0.25, 0.3) is 0 Å². The first kappa shape index (κ1) is 9.26. The number of hydrogen-bond acceptors (Lipinski definition) is 3. The van der Waals surface area contributed by atoms with Gasteiger partial charge in [-0.1, -0.05) is 0 Å². The second-order valence-corrected chi connectivity index (χ2v) is 3.03. The first-order chi connectivity index (χ1) is 7.18. The molecule has 0 bridgehead atoms. The molecule has 0 aliphatic rings. The van der Waals surface area contributed by atoms with E-state index >= 15 is 0 Å². The molecule has 15 heavy (non-hydrogen) atoms. The first-order valence-corrected chi connectivity index (χ1v) is 4.31. The van der Waals surface area contributed by atoms with Crippen LogP contribution >= 0.6 is 0 Å². The number of carboxylic acids is 1. The fourth-order valence-electron chi connectivity index (χ4n) is 1.29. The van der Waals surface area contributed by atoms with Gasteiger partial charge in [0.15, 0.2) is 0 Å². The molecular formula is C10H9N3O2. The van der Waals surface area contributed by atoms with Crippen molar-refractivity contribution >= 4 is 11.7 Å². The van der Waals surface area contributed by atoms with Crippen LogP contribution < -0.4 is 5.73 Å². The quantitative estimate of drug-likeness (QED) is 0.717. The van der Waals surface area contributed by atoms with Crippen LogP contribution in [0.3, 0.4) is 0 Å². The molecule has 0 amide bonds. The van der Waals surface area contributed by atoms with Crippen molar-refractivity contribution in [1.29, 1.82) is 0 Å². The minimum absolute atomic E-state index is 0.190. The lowest BCUT2D eigenvalue weighted by atomic mass is 10.2. The summed E-state index contributed by atoms with van der Waals surface area (Å²) in [6.45, 7) is 0. The Morgan fingerprint density at radius 3 is 2.87 bits per heavy atom. The average molecular weight is 203 g/mol. The molecule has 0 saturated carbocycles. The van der Waals surface area contributed by atoms with Crippen molar-refractivity contribution in [2.24, 2.45) is 0 Å². The van der Waals surface area contributed by atoms with E-state index in [9.17, 15) is 4.79 Å². The number of nitrogens with zero attached hydrogens (tertiary/aromatic N) is 2. The van der Waals surface area contributed by atoms with Crippen molar-refractivity contribution in [2.45, 2.75) is 0 Å². The molecule has 1 heterocycles. The van der Waals surface area contributed by atoms with Crippen LogP contribution in [0.1, 0.15) is 10.4 Å². The van der Waals surface area contributed by atoms with Gasteiger partial charge in [0.2, 0.25) is 0 Å². The highest BCUT2D eigenvalue weighted by molar-refractivity contribution is 5.89. The number of aromatic carboxylic acids is 1. The topological polar surface area (TPSA) is 81.1 Å². The van der Waals surface area contributed by atoms with Crippen molar-refractivity contribution in [3.8, 4) is 5.69 Å². The number of carbonyl (C=O) groups is 1. The third kappa shape index (κ3) is 1.67. The van der Waals surface area contributed by atoms with E-state index in [2.05, 4.69) is 5.10 Å². The third-order valence-electron chi connectivity index (χ3n) is 2.03. The van der Waals surface area contributed by atoms with Crippen molar-refractivity contribution in [3.05, 3.63) is 42.2 Å². The van der Waals surface area contributed by atoms with Gasteiger partial charge >= 0.3 is 5.97 Å². The fraction of sp³-hybridized carbons (Fsp3) is 0. The van der Waals surface area contributed by atoms with Crippen LogP contribution in [0, 0.1) is 0 Å². The summed E-state index contributed by atoms with van der Waals surface area (Å²) in [7, 11) is 0. The Bertz CT molecular complexity index is 491. The number of carboxylic acid groups (broad SMARTS) is 1. The molecule has 0 fully saturated rings. The largest absolute Gasteiger partial charge is 0.478 e. The maximum atomic E-state index is 10.8. The molecule has 5 heteroatoms. The van der Waals surface area contributed by atoms with Gasteiger partial charge in [-0.15, -0.1) is 0 Å².